The average Bonchev–Trinajstić information content (AvgIpc) is 3.62. The van der Waals surface area contributed by atoms with Gasteiger partial charge in [0.15, 0.2) is 5.69 Å². The topological polar surface area (TPSA) is 59.4 Å². The van der Waals surface area contributed by atoms with Crippen LogP contribution in [0.15, 0.2) is 54.6 Å². The van der Waals surface area contributed by atoms with Crippen molar-refractivity contribution in [1.82, 2.24) is 20.0 Å². The molecule has 1 fully saturated rings. The number of methoxy groups -OCH3 is 1. The third-order valence-corrected chi connectivity index (χ3v) is 6.89. The molecule has 0 radical (unpaired) electrons. The third kappa shape index (κ3) is 5.50. The number of aromatic nitrogens is 2. The molecule has 1 saturated carbocycles. The summed E-state index contributed by atoms with van der Waals surface area (Å²) in [5.41, 5.74) is 5.61. The molecule has 1 aliphatic carbocycles. The number of hydrogen-bond donors (Lipinski definition) is 1. The number of nitrogens with zero attached hydrogens (tertiary/aromatic N) is 3. The van der Waals surface area contributed by atoms with Crippen molar-refractivity contribution in [2.75, 3.05) is 20.2 Å². The van der Waals surface area contributed by atoms with E-state index >= 15 is 0 Å². The molecule has 6 heteroatoms. The van der Waals surface area contributed by atoms with Crippen LogP contribution in [0.2, 0.25) is 0 Å². The van der Waals surface area contributed by atoms with Gasteiger partial charge in [0, 0.05) is 43.4 Å². The Balaban J connectivity index is 1.27. The molecular weight excluding hydrogens is 424 g/mol. The van der Waals surface area contributed by atoms with Crippen molar-refractivity contribution in [1.29, 1.82) is 0 Å². The Hall–Kier alpha value is -3.12. The van der Waals surface area contributed by atoms with Gasteiger partial charge in [-0.2, -0.15) is 5.10 Å². The molecule has 0 unspecified atom stereocenters. The summed E-state index contributed by atoms with van der Waals surface area (Å²) in [7, 11) is 1.68. The van der Waals surface area contributed by atoms with Gasteiger partial charge in [-0.15, -0.1) is 0 Å². The lowest BCUT2D eigenvalue weighted by Gasteiger charge is -2.27. The Morgan fingerprint density at radius 1 is 1.03 bits per heavy atom. The van der Waals surface area contributed by atoms with Gasteiger partial charge in [0.1, 0.15) is 5.75 Å². The molecule has 1 amide bonds. The van der Waals surface area contributed by atoms with E-state index in [0.717, 1.165) is 76.0 Å². The van der Waals surface area contributed by atoms with Crippen LogP contribution in [-0.2, 0) is 32.4 Å². The molecule has 34 heavy (non-hydrogen) atoms. The Kier molecular flexibility index (Phi) is 6.95. The number of nitrogens with one attached hydrogen (secondary N) is 1. The number of carbonyl (C=O) groups is 1. The fraction of sp³-hybridized carbons (Fsp3) is 0.429. The predicted molar refractivity (Wildman–Crippen MR) is 133 cm³/mol. The second-order valence-electron chi connectivity index (χ2n) is 9.46. The molecule has 2 heterocycles. The maximum atomic E-state index is 13.0. The van der Waals surface area contributed by atoms with Crippen LogP contribution in [0.1, 0.15) is 52.1 Å². The normalized spacial score (nSPS) is 15.7. The van der Waals surface area contributed by atoms with Crippen molar-refractivity contribution >= 4 is 5.91 Å². The Morgan fingerprint density at radius 2 is 1.79 bits per heavy atom. The number of fused-ring (bicyclic) bond motifs is 1. The molecule has 6 nitrogen and oxygen atoms in total. The minimum Gasteiger partial charge on any atom is -0.497 e. The van der Waals surface area contributed by atoms with E-state index < -0.39 is 0 Å². The van der Waals surface area contributed by atoms with Crippen molar-refractivity contribution in [2.45, 2.75) is 57.7 Å². The van der Waals surface area contributed by atoms with Gasteiger partial charge in [0.25, 0.3) is 5.91 Å². The van der Waals surface area contributed by atoms with Crippen LogP contribution < -0.4 is 10.1 Å². The van der Waals surface area contributed by atoms with Gasteiger partial charge in [-0.05, 0) is 61.9 Å². The largest absolute Gasteiger partial charge is 0.497 e. The first kappa shape index (κ1) is 22.7. The summed E-state index contributed by atoms with van der Waals surface area (Å²) in [6, 6.07) is 19.2. The van der Waals surface area contributed by atoms with Crippen LogP contribution >= 0.6 is 0 Å². The number of rotatable bonds is 10. The van der Waals surface area contributed by atoms with Crippen molar-refractivity contribution in [2.24, 2.45) is 0 Å². The molecule has 5 rings (SSSR count). The van der Waals surface area contributed by atoms with Crippen molar-refractivity contribution in [3.05, 3.63) is 82.7 Å². The highest BCUT2D eigenvalue weighted by atomic mass is 16.5. The quantitative estimate of drug-likeness (QED) is 0.499. The lowest BCUT2D eigenvalue weighted by atomic mass is 10.0. The summed E-state index contributed by atoms with van der Waals surface area (Å²) in [4.78, 5) is 15.5. The van der Waals surface area contributed by atoms with Crippen LogP contribution in [0.5, 0.6) is 5.75 Å². The number of amides is 1. The van der Waals surface area contributed by atoms with Crippen LogP contribution in [0.3, 0.4) is 0 Å². The van der Waals surface area contributed by atoms with E-state index in [0.29, 0.717) is 11.7 Å². The van der Waals surface area contributed by atoms with E-state index in [1.54, 1.807) is 7.11 Å². The van der Waals surface area contributed by atoms with E-state index in [4.69, 9.17) is 9.84 Å². The lowest BCUT2D eigenvalue weighted by Crippen LogP contribution is -2.34. The van der Waals surface area contributed by atoms with Crippen molar-refractivity contribution < 1.29 is 9.53 Å². The summed E-state index contributed by atoms with van der Waals surface area (Å²) in [5.74, 6) is 0.861. The summed E-state index contributed by atoms with van der Waals surface area (Å²) in [6.45, 7) is 3.63. The Bertz CT molecular complexity index is 1100. The van der Waals surface area contributed by atoms with E-state index in [2.05, 4.69) is 57.4 Å². The maximum Gasteiger partial charge on any atom is 0.272 e. The summed E-state index contributed by atoms with van der Waals surface area (Å²) >= 11 is 0. The number of aryl methyl sites for hydroxylation is 3. The fourth-order valence-corrected chi connectivity index (χ4v) is 4.77. The molecule has 2 aromatic carbocycles. The van der Waals surface area contributed by atoms with Gasteiger partial charge in [-0.25, -0.2) is 0 Å². The Morgan fingerprint density at radius 3 is 2.53 bits per heavy atom. The van der Waals surface area contributed by atoms with Gasteiger partial charge in [-0.3, -0.25) is 14.4 Å². The molecule has 0 spiro atoms. The Labute approximate surface area is 201 Å². The van der Waals surface area contributed by atoms with Crippen LogP contribution in [0.4, 0.5) is 0 Å². The zero-order chi connectivity index (χ0) is 23.3. The second-order valence-corrected chi connectivity index (χ2v) is 9.46. The van der Waals surface area contributed by atoms with Crippen LogP contribution in [0, 0.1) is 0 Å². The number of benzene rings is 2. The van der Waals surface area contributed by atoms with Crippen LogP contribution in [-0.4, -0.2) is 46.8 Å². The summed E-state index contributed by atoms with van der Waals surface area (Å²) in [6.07, 6.45) is 6.18. The van der Waals surface area contributed by atoms with Gasteiger partial charge in [-0.1, -0.05) is 42.5 Å². The zero-order valence-electron chi connectivity index (χ0n) is 20.0. The van der Waals surface area contributed by atoms with E-state index in [-0.39, 0.29) is 5.91 Å². The number of hydrogen-bond acceptors (Lipinski definition) is 4. The molecule has 0 bridgehead atoms. The summed E-state index contributed by atoms with van der Waals surface area (Å²) < 4.78 is 7.36. The van der Waals surface area contributed by atoms with E-state index in [1.807, 2.05) is 12.1 Å². The number of ether oxygens (including phenoxy) is 1. The standard InChI is InChI=1S/C28H34N4O2/c1-34-24-13-9-22(10-14-24)15-19-32-26-16-18-31(17-5-8-21-6-3-2-4-7-21)20-25(26)27(30-32)28(33)29-23-11-12-23/h2-4,6-7,9-10,13-14,23H,5,8,11-12,15-20H2,1H3,(H,29,33). The summed E-state index contributed by atoms with van der Waals surface area (Å²) in [5, 5.41) is 7.99. The highest BCUT2D eigenvalue weighted by Crippen LogP contribution is 2.26. The van der Waals surface area contributed by atoms with Crippen LogP contribution in [0.25, 0.3) is 0 Å². The lowest BCUT2D eigenvalue weighted by molar-refractivity contribution is 0.0943. The highest BCUT2D eigenvalue weighted by Gasteiger charge is 2.31. The molecule has 3 aromatic rings. The SMILES string of the molecule is COc1ccc(CCn2nc(C(=O)NC3CC3)c3c2CCN(CCCc2ccccc2)C3)cc1. The first-order chi connectivity index (χ1) is 16.7. The monoisotopic (exact) mass is 458 g/mol. The highest BCUT2D eigenvalue weighted by molar-refractivity contribution is 5.94. The maximum absolute atomic E-state index is 13.0. The second kappa shape index (κ2) is 10.4. The predicted octanol–water partition coefficient (Wildman–Crippen LogP) is 4.02. The van der Waals surface area contributed by atoms with E-state index in [1.165, 1.54) is 16.8 Å². The molecule has 0 atom stereocenters. The molecule has 178 valence electrons. The molecule has 2 aliphatic rings. The first-order valence-electron chi connectivity index (χ1n) is 12.5. The van der Waals surface area contributed by atoms with Gasteiger partial charge in [0.2, 0.25) is 0 Å². The third-order valence-electron chi connectivity index (χ3n) is 6.89. The van der Waals surface area contributed by atoms with Crippen molar-refractivity contribution in [3.8, 4) is 5.75 Å². The molecule has 1 aromatic heterocycles. The van der Waals surface area contributed by atoms with Gasteiger partial charge < -0.3 is 10.1 Å². The van der Waals surface area contributed by atoms with E-state index in [9.17, 15) is 4.79 Å². The zero-order valence-corrected chi connectivity index (χ0v) is 20.0. The van der Waals surface area contributed by atoms with Gasteiger partial charge >= 0.3 is 0 Å². The first-order valence-corrected chi connectivity index (χ1v) is 12.5. The average molecular weight is 459 g/mol. The smallest absolute Gasteiger partial charge is 0.272 e. The van der Waals surface area contributed by atoms with Crippen molar-refractivity contribution in [3.63, 3.8) is 0 Å². The minimum atomic E-state index is -0.00640. The molecule has 0 saturated heterocycles. The number of carbonyl (C=O) groups excluding carboxylic acids is 1. The molecule has 1 N–H and O–H groups in total. The molecule has 1 aliphatic heterocycles. The fourth-order valence-electron chi connectivity index (χ4n) is 4.77. The van der Waals surface area contributed by atoms with Gasteiger partial charge in [0.05, 0.1) is 7.11 Å². The molecular formula is C28H34N4O2. The minimum absolute atomic E-state index is 0.00640.